The van der Waals surface area contributed by atoms with Crippen LogP contribution in [0.1, 0.15) is 58.3 Å². The molecule has 0 rings (SSSR count). The van der Waals surface area contributed by atoms with E-state index in [2.05, 4.69) is 9.50 Å². The molecule has 20 heavy (non-hydrogen) atoms. The van der Waals surface area contributed by atoms with E-state index >= 15 is 0 Å². The fourth-order valence-corrected chi connectivity index (χ4v) is 1.97. The van der Waals surface area contributed by atoms with Crippen LogP contribution in [0.25, 0.3) is 0 Å². The summed E-state index contributed by atoms with van der Waals surface area (Å²) in [7, 11) is 0. The van der Waals surface area contributed by atoms with Gasteiger partial charge in [0.05, 0.1) is 0 Å². The minimum Gasteiger partial charge on any atom is -0.354 e. The molecule has 0 aromatic carbocycles. The summed E-state index contributed by atoms with van der Waals surface area (Å²) in [6.45, 7) is 1.79. The van der Waals surface area contributed by atoms with Crippen LogP contribution in [-0.2, 0) is 25.1 Å². The van der Waals surface area contributed by atoms with Crippen LogP contribution in [0.2, 0.25) is 0 Å². The number of carbonyl (C=O) groups is 2. The zero-order chi connectivity index (χ0) is 15.2. The molecule has 0 aliphatic heterocycles. The predicted octanol–water partition coefficient (Wildman–Crippen LogP) is 1.97. The van der Waals surface area contributed by atoms with Crippen molar-refractivity contribution >= 4 is 23.1 Å². The lowest BCUT2D eigenvalue weighted by Crippen LogP contribution is -2.28. The van der Waals surface area contributed by atoms with Crippen molar-refractivity contribution in [2.75, 3.05) is 13.2 Å². The number of carbonyl (C=O) groups excluding carboxylic acids is 2. The van der Waals surface area contributed by atoms with Gasteiger partial charge in [0, 0.05) is 13.0 Å². The van der Waals surface area contributed by atoms with E-state index in [4.69, 9.17) is 4.55 Å². The first-order valence-corrected chi connectivity index (χ1v) is 8.06. The molecule has 1 atom stereocenters. The molecular weight excluding hydrogens is 282 g/mol. The van der Waals surface area contributed by atoms with Crippen molar-refractivity contribution in [3.8, 4) is 0 Å². The van der Waals surface area contributed by atoms with Gasteiger partial charge in [0.25, 0.3) is 0 Å². The number of rotatable bonds is 13. The molecule has 0 fully saturated rings. The molecule has 0 saturated carbocycles. The number of amides is 1. The lowest BCUT2D eigenvalue weighted by molar-refractivity contribution is -0.123. The molecule has 2 N–H and O–H groups in total. The third-order valence-electron chi connectivity index (χ3n) is 2.82. The number of unbranched alkanes of at least 4 members (excludes halogenated alkanes) is 6. The van der Waals surface area contributed by atoms with Gasteiger partial charge >= 0.3 is 11.4 Å². The van der Waals surface area contributed by atoms with Gasteiger partial charge in [-0.15, -0.1) is 0 Å². The molecule has 0 saturated heterocycles. The lowest BCUT2D eigenvalue weighted by Gasteiger charge is -2.04. The Morgan fingerprint density at radius 3 is 2.15 bits per heavy atom. The molecule has 0 aromatic heterocycles. The fourth-order valence-electron chi connectivity index (χ4n) is 1.77. The summed E-state index contributed by atoms with van der Waals surface area (Å²) in [5.74, 6) is -0.119. The highest BCUT2D eigenvalue weighted by Crippen LogP contribution is 2.08. The molecule has 118 valence electrons. The number of hydrogen-bond acceptors (Lipinski definition) is 4. The second-order valence-electron chi connectivity index (χ2n) is 4.76. The third kappa shape index (κ3) is 15.3. The normalized spacial score (nSPS) is 12.1. The van der Waals surface area contributed by atoms with Gasteiger partial charge in [0.1, 0.15) is 12.4 Å². The molecule has 0 spiro atoms. The molecule has 0 aliphatic rings. The van der Waals surface area contributed by atoms with E-state index in [0.717, 1.165) is 44.9 Å². The molecule has 0 heterocycles. The van der Waals surface area contributed by atoms with Crippen molar-refractivity contribution in [2.24, 2.45) is 0 Å². The highest BCUT2D eigenvalue weighted by Gasteiger charge is 2.02. The van der Waals surface area contributed by atoms with Crippen molar-refractivity contribution in [3.63, 3.8) is 0 Å². The summed E-state index contributed by atoms with van der Waals surface area (Å²) >= 11 is -2.39. The molecule has 7 heteroatoms. The Labute approximate surface area is 123 Å². The van der Waals surface area contributed by atoms with Crippen molar-refractivity contribution in [3.05, 3.63) is 0 Å². The van der Waals surface area contributed by atoms with Crippen LogP contribution in [0.5, 0.6) is 0 Å². The van der Waals surface area contributed by atoms with Crippen molar-refractivity contribution < 1.29 is 22.5 Å². The van der Waals surface area contributed by atoms with E-state index < -0.39 is 11.4 Å². The van der Waals surface area contributed by atoms with E-state index in [1.54, 1.807) is 6.92 Å². The van der Waals surface area contributed by atoms with Crippen LogP contribution < -0.4 is 5.32 Å². The molecule has 0 aliphatic carbocycles. The van der Waals surface area contributed by atoms with Gasteiger partial charge in [-0.2, -0.15) is 4.21 Å². The van der Waals surface area contributed by atoms with Crippen LogP contribution in [0.4, 0.5) is 0 Å². The van der Waals surface area contributed by atoms with E-state index in [-0.39, 0.29) is 18.3 Å². The monoisotopic (exact) mass is 307 g/mol. The molecule has 0 bridgehead atoms. The molecular formula is C13H25NO5S. The summed E-state index contributed by atoms with van der Waals surface area (Å²) in [4.78, 5) is 21.8. The Balaban J connectivity index is 3.18. The fraction of sp³-hybridized carbons (Fsp3) is 0.846. The second kappa shape index (κ2) is 13.2. The highest BCUT2D eigenvalue weighted by atomic mass is 32.2. The Morgan fingerprint density at radius 1 is 1.05 bits per heavy atom. The van der Waals surface area contributed by atoms with Gasteiger partial charge in [0.2, 0.25) is 5.91 Å². The lowest BCUT2D eigenvalue weighted by atomic mass is 10.1. The SMILES string of the molecule is CC(=O)CCCCCCCCCNC(=O)COS(=O)O. The van der Waals surface area contributed by atoms with E-state index in [1.807, 2.05) is 0 Å². The van der Waals surface area contributed by atoms with Gasteiger partial charge in [0.15, 0.2) is 0 Å². The second-order valence-corrected chi connectivity index (χ2v) is 5.43. The summed E-state index contributed by atoms with van der Waals surface area (Å²) in [5, 5.41) is 2.61. The van der Waals surface area contributed by atoms with Gasteiger partial charge in [-0.3, -0.25) is 13.5 Å². The van der Waals surface area contributed by atoms with Gasteiger partial charge in [-0.25, -0.2) is 0 Å². The largest absolute Gasteiger partial charge is 0.354 e. The van der Waals surface area contributed by atoms with E-state index in [9.17, 15) is 13.8 Å². The molecule has 6 nitrogen and oxygen atoms in total. The Kier molecular flexibility index (Phi) is 12.7. The Hall–Kier alpha value is -0.790. The minimum absolute atomic E-state index is 0.259. The minimum atomic E-state index is -2.39. The van der Waals surface area contributed by atoms with Gasteiger partial charge in [-0.05, 0) is 19.8 Å². The number of nitrogens with one attached hydrogen (secondary N) is 1. The maximum Gasteiger partial charge on any atom is 0.302 e. The van der Waals surface area contributed by atoms with Crippen LogP contribution in [0.3, 0.4) is 0 Å². The van der Waals surface area contributed by atoms with Crippen LogP contribution >= 0.6 is 0 Å². The van der Waals surface area contributed by atoms with Crippen molar-refractivity contribution in [2.45, 2.75) is 58.3 Å². The topological polar surface area (TPSA) is 92.7 Å². The van der Waals surface area contributed by atoms with Crippen molar-refractivity contribution in [1.29, 1.82) is 0 Å². The maximum atomic E-state index is 11.1. The zero-order valence-electron chi connectivity index (χ0n) is 12.1. The summed E-state index contributed by atoms with van der Waals surface area (Å²) < 4.78 is 22.7. The van der Waals surface area contributed by atoms with Crippen molar-refractivity contribution in [1.82, 2.24) is 5.32 Å². The van der Waals surface area contributed by atoms with Crippen LogP contribution in [0, 0.1) is 0 Å². The highest BCUT2D eigenvalue weighted by molar-refractivity contribution is 7.74. The maximum absolute atomic E-state index is 11.1. The molecule has 1 amide bonds. The Morgan fingerprint density at radius 2 is 1.60 bits per heavy atom. The van der Waals surface area contributed by atoms with E-state index in [0.29, 0.717) is 13.0 Å². The van der Waals surface area contributed by atoms with Gasteiger partial charge in [-0.1, -0.05) is 32.1 Å². The molecule has 0 aromatic rings. The van der Waals surface area contributed by atoms with Crippen LogP contribution in [0.15, 0.2) is 0 Å². The quantitative estimate of drug-likeness (QED) is 0.401. The molecule has 0 radical (unpaired) electrons. The first kappa shape index (κ1) is 19.2. The first-order valence-electron chi connectivity index (χ1n) is 7.02. The summed E-state index contributed by atoms with van der Waals surface area (Å²) in [6, 6.07) is 0. The first-order chi connectivity index (χ1) is 9.52. The van der Waals surface area contributed by atoms with E-state index in [1.165, 1.54) is 0 Å². The van der Waals surface area contributed by atoms with Gasteiger partial charge < -0.3 is 10.1 Å². The number of Topliss-reactive ketones (excluding diaryl/α,β-unsaturated/α-hetero) is 1. The number of ketones is 1. The summed E-state index contributed by atoms with van der Waals surface area (Å²) in [5.41, 5.74) is 0. The number of hydrogen-bond donors (Lipinski definition) is 2. The average molecular weight is 307 g/mol. The summed E-state index contributed by atoms with van der Waals surface area (Å²) in [6.07, 6.45) is 8.12. The average Bonchev–Trinajstić information content (AvgIpc) is 2.38. The molecule has 1 unspecified atom stereocenters. The third-order valence-corrected chi connectivity index (χ3v) is 3.14. The zero-order valence-corrected chi connectivity index (χ0v) is 12.9. The van der Waals surface area contributed by atoms with Crippen LogP contribution in [-0.4, -0.2) is 33.6 Å². The smallest absolute Gasteiger partial charge is 0.302 e. The predicted molar refractivity (Wildman–Crippen MR) is 77.3 cm³/mol. The standard InChI is InChI=1S/C13H25NO5S/c1-12(15)9-7-5-3-2-4-6-8-10-14-13(16)11-19-20(17)18/h2-11H2,1H3,(H,14,16)(H,17,18). The Bertz CT molecular complexity index is 309.